The Labute approximate surface area is 172 Å². The normalized spacial score (nSPS) is 11.4. The number of hydrogen-bond acceptors (Lipinski definition) is 5. The number of thiazole rings is 1. The first kappa shape index (κ1) is 20.3. The number of halogens is 1. The number of sulfonamides is 1. The molecule has 3 rings (SSSR count). The Kier molecular flexibility index (Phi) is 6.02. The highest BCUT2D eigenvalue weighted by atomic mass is 35.5. The van der Waals surface area contributed by atoms with Crippen LogP contribution in [0.4, 0.5) is 10.8 Å². The molecule has 0 bridgehead atoms. The maximum Gasteiger partial charge on any atom is 0.261 e. The molecule has 28 heavy (non-hydrogen) atoms. The van der Waals surface area contributed by atoms with E-state index in [1.165, 1.54) is 35.6 Å². The van der Waals surface area contributed by atoms with E-state index in [1.54, 1.807) is 24.3 Å². The summed E-state index contributed by atoms with van der Waals surface area (Å²) in [6.07, 6.45) is 0. The summed E-state index contributed by atoms with van der Waals surface area (Å²) in [5.74, 6) is -0.0706. The molecule has 0 spiro atoms. The number of aromatic nitrogens is 1. The van der Waals surface area contributed by atoms with E-state index in [1.807, 2.05) is 19.2 Å². The van der Waals surface area contributed by atoms with Crippen molar-refractivity contribution in [2.75, 3.05) is 10.0 Å². The van der Waals surface area contributed by atoms with E-state index in [2.05, 4.69) is 15.0 Å². The molecule has 0 aliphatic rings. The van der Waals surface area contributed by atoms with E-state index in [0.717, 1.165) is 5.69 Å². The smallest absolute Gasteiger partial charge is 0.261 e. The largest absolute Gasteiger partial charge is 0.298 e. The fourth-order valence-corrected chi connectivity index (χ4v) is 4.35. The number of hydrogen-bond donors (Lipinski definition) is 2. The first-order chi connectivity index (χ1) is 13.2. The van der Waals surface area contributed by atoms with Crippen molar-refractivity contribution < 1.29 is 13.2 Å². The van der Waals surface area contributed by atoms with Crippen molar-refractivity contribution in [3.05, 3.63) is 70.2 Å². The van der Waals surface area contributed by atoms with Gasteiger partial charge < -0.3 is 0 Å². The molecule has 6 nitrogen and oxygen atoms in total. The van der Waals surface area contributed by atoms with E-state index in [0.29, 0.717) is 21.4 Å². The quantitative estimate of drug-likeness (QED) is 0.571. The van der Waals surface area contributed by atoms with Gasteiger partial charge in [-0.1, -0.05) is 25.4 Å². The van der Waals surface area contributed by atoms with E-state index < -0.39 is 10.0 Å². The van der Waals surface area contributed by atoms with Crippen LogP contribution in [0.2, 0.25) is 5.02 Å². The van der Waals surface area contributed by atoms with Crippen molar-refractivity contribution in [3.8, 4) is 0 Å². The van der Waals surface area contributed by atoms with Crippen molar-refractivity contribution >= 4 is 49.7 Å². The number of rotatable bonds is 6. The van der Waals surface area contributed by atoms with Gasteiger partial charge in [0.2, 0.25) is 0 Å². The SMILES string of the molecule is CC(C)c1csc(NC(=O)c2ccc(S(=O)(=O)Nc3ccc(Cl)cc3)cc2)n1. The fourth-order valence-electron chi connectivity index (χ4n) is 2.30. The average molecular weight is 436 g/mol. The Morgan fingerprint density at radius 1 is 1.07 bits per heavy atom. The highest BCUT2D eigenvalue weighted by molar-refractivity contribution is 7.92. The zero-order valence-corrected chi connectivity index (χ0v) is 17.5. The molecular formula is C19H18ClN3O3S2. The van der Waals surface area contributed by atoms with Crippen LogP contribution in [0.25, 0.3) is 0 Å². The van der Waals surface area contributed by atoms with Crippen molar-refractivity contribution in [2.45, 2.75) is 24.7 Å². The summed E-state index contributed by atoms with van der Waals surface area (Å²) in [4.78, 5) is 16.8. The number of benzene rings is 2. The molecule has 146 valence electrons. The van der Waals surface area contributed by atoms with Crippen LogP contribution in [0.5, 0.6) is 0 Å². The summed E-state index contributed by atoms with van der Waals surface area (Å²) in [6, 6.07) is 12.0. The van der Waals surface area contributed by atoms with E-state index >= 15 is 0 Å². The number of nitrogens with one attached hydrogen (secondary N) is 2. The van der Waals surface area contributed by atoms with Gasteiger partial charge in [-0.25, -0.2) is 13.4 Å². The van der Waals surface area contributed by atoms with Gasteiger partial charge in [0.1, 0.15) is 0 Å². The minimum absolute atomic E-state index is 0.0512. The van der Waals surface area contributed by atoms with Crippen LogP contribution in [0.15, 0.2) is 58.8 Å². The van der Waals surface area contributed by atoms with Crippen LogP contribution in [0.1, 0.15) is 35.8 Å². The Bertz CT molecular complexity index is 1080. The number of nitrogens with zero attached hydrogens (tertiary/aromatic N) is 1. The van der Waals surface area contributed by atoms with Crippen LogP contribution in [0, 0.1) is 0 Å². The Morgan fingerprint density at radius 2 is 1.71 bits per heavy atom. The van der Waals surface area contributed by atoms with Gasteiger partial charge in [-0.05, 0) is 54.4 Å². The van der Waals surface area contributed by atoms with Crippen LogP contribution in [-0.2, 0) is 10.0 Å². The summed E-state index contributed by atoms with van der Waals surface area (Å²) in [5, 5.41) is 5.65. The maximum absolute atomic E-state index is 12.5. The third-order valence-corrected chi connectivity index (χ3v) is 6.28. The molecule has 0 atom stereocenters. The predicted molar refractivity (Wildman–Crippen MR) is 113 cm³/mol. The molecule has 0 aliphatic carbocycles. The minimum Gasteiger partial charge on any atom is -0.298 e. The summed E-state index contributed by atoms with van der Waals surface area (Å²) in [5.41, 5.74) is 1.65. The first-order valence-electron chi connectivity index (χ1n) is 8.40. The molecule has 0 saturated heterocycles. The third-order valence-electron chi connectivity index (χ3n) is 3.86. The second-order valence-corrected chi connectivity index (χ2v) is 9.30. The standard InChI is InChI=1S/C19H18ClN3O3S2/c1-12(2)17-11-27-19(21-17)22-18(24)13-3-9-16(10-4-13)28(25,26)23-15-7-5-14(20)6-8-15/h3-12,23H,1-2H3,(H,21,22,24). The number of amides is 1. The first-order valence-corrected chi connectivity index (χ1v) is 11.1. The van der Waals surface area contributed by atoms with E-state index in [9.17, 15) is 13.2 Å². The molecule has 0 unspecified atom stereocenters. The van der Waals surface area contributed by atoms with Crippen LogP contribution < -0.4 is 10.0 Å². The number of carbonyl (C=O) groups is 1. The molecule has 1 amide bonds. The molecule has 0 saturated carbocycles. The van der Waals surface area contributed by atoms with Crippen molar-refractivity contribution in [1.82, 2.24) is 4.98 Å². The zero-order valence-electron chi connectivity index (χ0n) is 15.1. The summed E-state index contributed by atoms with van der Waals surface area (Å²) < 4.78 is 27.4. The molecular weight excluding hydrogens is 418 g/mol. The highest BCUT2D eigenvalue weighted by Crippen LogP contribution is 2.23. The fraction of sp³-hybridized carbons (Fsp3) is 0.158. The topological polar surface area (TPSA) is 88.2 Å². The molecule has 1 aromatic heterocycles. The highest BCUT2D eigenvalue weighted by Gasteiger charge is 2.16. The summed E-state index contributed by atoms with van der Waals surface area (Å²) in [6.45, 7) is 4.05. The second kappa shape index (κ2) is 8.30. The summed E-state index contributed by atoms with van der Waals surface area (Å²) in [7, 11) is -3.77. The monoisotopic (exact) mass is 435 g/mol. The molecule has 9 heteroatoms. The van der Waals surface area contributed by atoms with Gasteiger partial charge in [0.05, 0.1) is 10.6 Å². The lowest BCUT2D eigenvalue weighted by molar-refractivity contribution is 0.102. The van der Waals surface area contributed by atoms with E-state index in [-0.39, 0.29) is 16.7 Å². The number of carbonyl (C=O) groups excluding carboxylic acids is 1. The second-order valence-electron chi connectivity index (χ2n) is 6.32. The van der Waals surface area contributed by atoms with Gasteiger partial charge in [0.15, 0.2) is 5.13 Å². The van der Waals surface area contributed by atoms with Crippen LogP contribution in [-0.4, -0.2) is 19.3 Å². The number of anilines is 2. The predicted octanol–water partition coefficient (Wildman–Crippen LogP) is 4.97. The van der Waals surface area contributed by atoms with Gasteiger partial charge in [-0.15, -0.1) is 11.3 Å². The molecule has 2 N–H and O–H groups in total. The van der Waals surface area contributed by atoms with Gasteiger partial charge in [-0.2, -0.15) is 0 Å². The van der Waals surface area contributed by atoms with Crippen molar-refractivity contribution in [1.29, 1.82) is 0 Å². The van der Waals surface area contributed by atoms with Gasteiger partial charge in [0, 0.05) is 21.7 Å². The maximum atomic E-state index is 12.5. The lowest BCUT2D eigenvalue weighted by atomic mass is 10.2. The molecule has 0 aliphatic heterocycles. The van der Waals surface area contributed by atoms with E-state index in [4.69, 9.17) is 11.6 Å². The summed E-state index contributed by atoms with van der Waals surface area (Å²) >= 11 is 7.15. The van der Waals surface area contributed by atoms with Crippen LogP contribution >= 0.6 is 22.9 Å². The van der Waals surface area contributed by atoms with Gasteiger partial charge in [0.25, 0.3) is 15.9 Å². The van der Waals surface area contributed by atoms with Crippen LogP contribution in [0.3, 0.4) is 0 Å². The average Bonchev–Trinajstić information content (AvgIpc) is 3.12. The Balaban J connectivity index is 1.71. The van der Waals surface area contributed by atoms with Gasteiger partial charge in [-0.3, -0.25) is 14.8 Å². The minimum atomic E-state index is -3.77. The lowest BCUT2D eigenvalue weighted by Crippen LogP contribution is -2.14. The molecule has 0 fully saturated rings. The Hall–Kier alpha value is -2.42. The van der Waals surface area contributed by atoms with Crippen molar-refractivity contribution in [3.63, 3.8) is 0 Å². The lowest BCUT2D eigenvalue weighted by Gasteiger charge is -2.09. The molecule has 3 aromatic rings. The van der Waals surface area contributed by atoms with Gasteiger partial charge >= 0.3 is 0 Å². The third kappa shape index (κ3) is 4.89. The molecule has 2 aromatic carbocycles. The molecule has 1 heterocycles. The zero-order chi connectivity index (χ0) is 20.3. The Morgan fingerprint density at radius 3 is 2.29 bits per heavy atom. The van der Waals surface area contributed by atoms with Crippen molar-refractivity contribution in [2.24, 2.45) is 0 Å². The molecule has 0 radical (unpaired) electrons.